The number of nitrogen functional groups attached to an aromatic ring is 1. The highest BCUT2D eigenvalue weighted by Gasteiger charge is 2.35. The minimum absolute atomic E-state index is 0.136. The Morgan fingerprint density at radius 2 is 1.88 bits per heavy atom. The molecule has 0 aliphatic heterocycles. The molecule has 3 aromatic rings. The zero-order chi connectivity index (χ0) is 23.9. The van der Waals surface area contributed by atoms with Gasteiger partial charge in [0.25, 0.3) is 11.5 Å². The van der Waals surface area contributed by atoms with E-state index in [1.807, 2.05) is 17.1 Å². The molecule has 174 valence electrons. The summed E-state index contributed by atoms with van der Waals surface area (Å²) in [6.07, 6.45) is -2.41. The van der Waals surface area contributed by atoms with E-state index in [-0.39, 0.29) is 23.3 Å². The molecule has 1 fully saturated rings. The number of aromatic amines is 2. The summed E-state index contributed by atoms with van der Waals surface area (Å²) in [7, 11) is 1.46. The van der Waals surface area contributed by atoms with E-state index in [4.69, 9.17) is 5.73 Å². The van der Waals surface area contributed by atoms with E-state index in [1.165, 1.54) is 11.7 Å². The lowest BCUT2D eigenvalue weighted by Crippen LogP contribution is -2.37. The maximum Gasteiger partial charge on any atom is 0.435 e. The topological polar surface area (TPSA) is 139 Å². The summed E-state index contributed by atoms with van der Waals surface area (Å²) < 4.78 is 39.9. The van der Waals surface area contributed by atoms with Gasteiger partial charge >= 0.3 is 11.9 Å². The standard InChI is InChI=1S/C21H21F3N6O3/c1-30-14(9-15(29-30)21(22,23)24)11-4-2-10(3-5-11)12-6-7-13(8-12)26-19(32)17-16(25)18(31)28-20(33)27-17/h2-5,9,12-13H,6-8,25H2,1H3,(H,26,32)(H2,27,28,31,33)/t12-,13+/m0/s1. The van der Waals surface area contributed by atoms with Gasteiger partial charge in [0, 0.05) is 13.1 Å². The van der Waals surface area contributed by atoms with Crippen molar-refractivity contribution in [1.82, 2.24) is 25.1 Å². The van der Waals surface area contributed by atoms with Crippen LogP contribution in [0.15, 0.2) is 39.9 Å². The van der Waals surface area contributed by atoms with Crippen molar-refractivity contribution >= 4 is 11.6 Å². The van der Waals surface area contributed by atoms with Crippen molar-refractivity contribution < 1.29 is 18.0 Å². The van der Waals surface area contributed by atoms with Crippen LogP contribution < -0.4 is 22.3 Å². The molecule has 33 heavy (non-hydrogen) atoms. The summed E-state index contributed by atoms with van der Waals surface area (Å²) in [5.41, 5.74) is 4.34. The number of hydrogen-bond donors (Lipinski definition) is 4. The van der Waals surface area contributed by atoms with Crippen LogP contribution in [0.4, 0.5) is 18.9 Å². The number of H-pyrrole nitrogens is 2. The summed E-state index contributed by atoms with van der Waals surface area (Å²) >= 11 is 0. The van der Waals surface area contributed by atoms with Gasteiger partial charge in [0.05, 0.1) is 5.69 Å². The third kappa shape index (κ3) is 4.54. The van der Waals surface area contributed by atoms with Gasteiger partial charge < -0.3 is 16.0 Å². The van der Waals surface area contributed by atoms with E-state index in [9.17, 15) is 27.6 Å². The van der Waals surface area contributed by atoms with Gasteiger partial charge in [-0.2, -0.15) is 18.3 Å². The van der Waals surface area contributed by atoms with Crippen LogP contribution in [0, 0.1) is 0 Å². The van der Waals surface area contributed by atoms with Crippen LogP contribution in [0.25, 0.3) is 11.3 Å². The fourth-order valence-electron chi connectivity index (χ4n) is 4.15. The molecule has 0 spiro atoms. The van der Waals surface area contributed by atoms with Crippen molar-refractivity contribution in [3.05, 3.63) is 68.1 Å². The van der Waals surface area contributed by atoms with E-state index in [0.717, 1.165) is 18.1 Å². The molecule has 4 rings (SSSR count). The number of carbonyl (C=O) groups excluding carboxylic acids is 1. The molecule has 5 N–H and O–H groups in total. The van der Waals surface area contributed by atoms with Crippen molar-refractivity contribution in [1.29, 1.82) is 0 Å². The Morgan fingerprint density at radius 3 is 2.52 bits per heavy atom. The molecule has 0 saturated heterocycles. The van der Waals surface area contributed by atoms with E-state index in [2.05, 4.69) is 15.4 Å². The summed E-state index contributed by atoms with van der Waals surface area (Å²) in [5, 5.41) is 6.33. The van der Waals surface area contributed by atoms with Crippen molar-refractivity contribution in [3.8, 4) is 11.3 Å². The Hall–Kier alpha value is -3.83. The molecule has 2 aromatic heterocycles. The molecular formula is C21H21F3N6O3. The third-order valence-electron chi connectivity index (χ3n) is 5.82. The van der Waals surface area contributed by atoms with Crippen LogP contribution in [-0.4, -0.2) is 31.7 Å². The maximum atomic E-state index is 12.9. The average molecular weight is 462 g/mol. The molecule has 2 heterocycles. The number of amides is 1. The number of nitrogens with zero attached hydrogens (tertiary/aromatic N) is 2. The fourth-order valence-corrected chi connectivity index (χ4v) is 4.15. The van der Waals surface area contributed by atoms with Crippen molar-refractivity contribution in [2.75, 3.05) is 5.73 Å². The number of anilines is 1. The minimum Gasteiger partial charge on any atom is -0.392 e. The number of hydrogen-bond acceptors (Lipinski definition) is 5. The molecule has 1 aromatic carbocycles. The molecule has 9 nitrogen and oxygen atoms in total. The average Bonchev–Trinajstić information content (AvgIpc) is 3.37. The number of nitrogens with one attached hydrogen (secondary N) is 3. The Kier molecular flexibility index (Phi) is 5.60. The Morgan fingerprint density at radius 1 is 1.18 bits per heavy atom. The van der Waals surface area contributed by atoms with Crippen molar-refractivity contribution in [2.24, 2.45) is 7.05 Å². The number of aryl methyl sites for hydroxylation is 1. The number of nitrogens with two attached hydrogens (primary N) is 1. The maximum absolute atomic E-state index is 12.9. The molecule has 1 aliphatic rings. The third-order valence-corrected chi connectivity index (χ3v) is 5.82. The first kappa shape index (κ1) is 22.4. The van der Waals surface area contributed by atoms with Gasteiger partial charge in [-0.15, -0.1) is 0 Å². The Labute approximate surface area is 184 Å². The lowest BCUT2D eigenvalue weighted by Gasteiger charge is -2.14. The quantitative estimate of drug-likeness (QED) is 0.471. The van der Waals surface area contributed by atoms with Gasteiger partial charge in [-0.25, -0.2) is 4.79 Å². The zero-order valence-electron chi connectivity index (χ0n) is 17.5. The number of alkyl halides is 3. The summed E-state index contributed by atoms with van der Waals surface area (Å²) in [5.74, 6) is -0.495. The van der Waals surface area contributed by atoms with Gasteiger partial charge in [0.2, 0.25) is 0 Å². The molecule has 12 heteroatoms. The fraction of sp³-hybridized carbons (Fsp3) is 0.333. The van der Waals surface area contributed by atoms with Gasteiger partial charge in [-0.3, -0.25) is 19.3 Å². The van der Waals surface area contributed by atoms with Crippen LogP contribution in [0.5, 0.6) is 0 Å². The molecule has 1 aliphatic carbocycles. The number of halogens is 3. The lowest BCUT2D eigenvalue weighted by atomic mass is 9.96. The molecular weight excluding hydrogens is 441 g/mol. The monoisotopic (exact) mass is 462 g/mol. The molecule has 1 amide bonds. The van der Waals surface area contributed by atoms with E-state index in [1.54, 1.807) is 12.1 Å². The summed E-state index contributed by atoms with van der Waals surface area (Å²) in [6, 6.07) is 8.05. The van der Waals surface area contributed by atoms with Crippen LogP contribution in [0.3, 0.4) is 0 Å². The van der Waals surface area contributed by atoms with E-state index >= 15 is 0 Å². The van der Waals surface area contributed by atoms with Gasteiger partial charge in [0.15, 0.2) is 5.69 Å². The van der Waals surface area contributed by atoms with Crippen LogP contribution in [0.1, 0.15) is 46.9 Å². The normalized spacial score (nSPS) is 18.4. The van der Waals surface area contributed by atoms with Crippen LogP contribution in [-0.2, 0) is 13.2 Å². The van der Waals surface area contributed by atoms with Crippen molar-refractivity contribution in [2.45, 2.75) is 37.4 Å². The summed E-state index contributed by atoms with van der Waals surface area (Å²) in [4.78, 5) is 39.7. The van der Waals surface area contributed by atoms with Gasteiger partial charge in [-0.1, -0.05) is 24.3 Å². The predicted octanol–water partition coefficient (Wildman–Crippen LogP) is 2.13. The molecule has 1 saturated carbocycles. The Bertz CT molecular complexity index is 1310. The largest absolute Gasteiger partial charge is 0.435 e. The Balaban J connectivity index is 1.44. The first-order chi connectivity index (χ1) is 15.5. The molecule has 2 atom stereocenters. The predicted molar refractivity (Wildman–Crippen MR) is 114 cm³/mol. The highest BCUT2D eigenvalue weighted by Crippen LogP contribution is 2.36. The smallest absolute Gasteiger partial charge is 0.392 e. The van der Waals surface area contributed by atoms with Gasteiger partial charge in [-0.05, 0) is 42.4 Å². The lowest BCUT2D eigenvalue weighted by molar-refractivity contribution is -0.141. The minimum atomic E-state index is -4.51. The molecule has 0 unspecified atom stereocenters. The first-order valence-electron chi connectivity index (χ1n) is 10.2. The number of rotatable bonds is 4. The second-order valence-corrected chi connectivity index (χ2v) is 8.04. The molecule has 0 radical (unpaired) electrons. The number of carbonyl (C=O) groups is 1. The van der Waals surface area contributed by atoms with E-state index < -0.39 is 29.0 Å². The second kappa shape index (κ2) is 8.26. The van der Waals surface area contributed by atoms with E-state index in [0.29, 0.717) is 24.1 Å². The van der Waals surface area contributed by atoms with Gasteiger partial charge in [0.1, 0.15) is 11.4 Å². The van der Waals surface area contributed by atoms with Crippen LogP contribution >= 0.6 is 0 Å². The summed E-state index contributed by atoms with van der Waals surface area (Å²) in [6.45, 7) is 0. The zero-order valence-corrected chi connectivity index (χ0v) is 17.5. The second-order valence-electron chi connectivity index (χ2n) is 8.04. The van der Waals surface area contributed by atoms with Crippen LogP contribution in [0.2, 0.25) is 0 Å². The number of aromatic nitrogens is 4. The first-order valence-corrected chi connectivity index (χ1v) is 10.2. The highest BCUT2D eigenvalue weighted by atomic mass is 19.4. The SMILES string of the molecule is Cn1nc(C(F)(F)F)cc1-c1ccc([C@H]2CC[C@@H](NC(=O)c3[nH]c(=O)[nH]c(=O)c3N)C2)cc1. The number of benzene rings is 1. The molecule has 0 bridgehead atoms. The van der Waals surface area contributed by atoms with Crippen molar-refractivity contribution in [3.63, 3.8) is 0 Å². The highest BCUT2D eigenvalue weighted by molar-refractivity contribution is 5.97.